The summed E-state index contributed by atoms with van der Waals surface area (Å²) in [6, 6.07) is 0. The van der Waals surface area contributed by atoms with Crippen molar-refractivity contribution in [3.8, 4) is 0 Å². The van der Waals surface area contributed by atoms with E-state index >= 15 is 0 Å². The molecule has 0 unspecified atom stereocenters. The average molecular weight is 243 g/mol. The molecule has 0 heterocycles. The van der Waals surface area contributed by atoms with E-state index < -0.39 is 5.17 Å². The van der Waals surface area contributed by atoms with Gasteiger partial charge in [0.15, 0.2) is 17.4 Å². The summed E-state index contributed by atoms with van der Waals surface area (Å²) >= 11 is 0.0308. The molecule has 0 radical (unpaired) electrons. The molecule has 0 atom stereocenters. The van der Waals surface area contributed by atoms with Crippen LogP contribution in [0.15, 0.2) is 0 Å². The molecular formula is H8AlLiO3PSb. The Morgan fingerprint density at radius 1 is 1.43 bits per heavy atom. The molecule has 0 spiro atoms. The Morgan fingerprint density at radius 2 is 1.43 bits per heavy atom. The summed E-state index contributed by atoms with van der Waals surface area (Å²) in [5, 5.41) is -3.51. The monoisotopic (exact) mass is 242 g/mol. The van der Waals surface area contributed by atoms with E-state index in [0.717, 1.165) is 0 Å². The molecule has 0 aromatic heterocycles. The van der Waals surface area contributed by atoms with E-state index in [2.05, 4.69) is 0 Å². The molecule has 40 valence electrons. The van der Waals surface area contributed by atoms with Crippen molar-refractivity contribution in [2.45, 2.75) is 0 Å². The van der Waals surface area contributed by atoms with Crippen LogP contribution < -0.4 is 0 Å². The first-order valence-electron chi connectivity index (χ1n) is 0.841. The van der Waals surface area contributed by atoms with Crippen molar-refractivity contribution in [2.75, 3.05) is 0 Å². The Morgan fingerprint density at radius 3 is 1.43 bits per heavy atom. The van der Waals surface area contributed by atoms with E-state index in [1.54, 1.807) is 0 Å². The number of hydrogen-bond acceptors (Lipinski definition) is 1. The van der Waals surface area contributed by atoms with Crippen molar-refractivity contribution in [1.29, 1.82) is 0 Å². The van der Waals surface area contributed by atoms with Crippen LogP contribution in [0.25, 0.3) is 0 Å². The molecule has 0 saturated heterocycles. The maximum atomic E-state index is 9.38. The fraction of sp³-hybridized carbons (Fsp3) is 0. The SMILES string of the molecule is O=[P](O)(O)[SbH2].[AlH3].[LiH]. The van der Waals surface area contributed by atoms with Gasteiger partial charge in [0.2, 0.25) is 0 Å². The zero-order valence-corrected chi connectivity index (χ0v) is 6.52. The third-order valence-electron chi connectivity index (χ3n) is 0. The van der Waals surface area contributed by atoms with Crippen LogP contribution in [-0.2, 0) is 4.57 Å². The first kappa shape index (κ1) is 16.0. The molecule has 7 heavy (non-hydrogen) atoms. The molecule has 7 heteroatoms. The Hall–Kier alpha value is 2.10. The van der Waals surface area contributed by atoms with Crippen LogP contribution >= 0.6 is 5.17 Å². The Bertz CT molecular complexity index is 61.1. The fourth-order valence-corrected chi connectivity index (χ4v) is 0. The third kappa shape index (κ3) is 68.4. The van der Waals surface area contributed by atoms with Gasteiger partial charge < -0.3 is 0 Å². The summed E-state index contributed by atoms with van der Waals surface area (Å²) < 4.78 is 9.38. The van der Waals surface area contributed by atoms with Crippen LogP contribution in [0.3, 0.4) is 0 Å². The Balaban J connectivity index is -0.0000000800. The van der Waals surface area contributed by atoms with Gasteiger partial charge in [-0.05, 0) is 0 Å². The zero-order chi connectivity index (χ0) is 4.50. The Labute approximate surface area is 77.5 Å². The van der Waals surface area contributed by atoms with Gasteiger partial charge in [0, 0.05) is 0 Å². The van der Waals surface area contributed by atoms with Crippen LogP contribution in [0.1, 0.15) is 0 Å². The molecule has 0 aliphatic carbocycles. The second-order valence-electron chi connectivity index (χ2n) is 0.589. The van der Waals surface area contributed by atoms with Gasteiger partial charge in [0.05, 0.1) is 0 Å². The van der Waals surface area contributed by atoms with Gasteiger partial charge in [-0.3, -0.25) is 0 Å². The van der Waals surface area contributed by atoms with Crippen LogP contribution in [0.2, 0.25) is 0 Å². The maximum absolute atomic E-state index is 9.38. The van der Waals surface area contributed by atoms with Crippen molar-refractivity contribution < 1.29 is 14.4 Å². The minimum absolute atomic E-state index is 0. The normalized spacial score (nSPS) is 8.43. The Kier molecular flexibility index (Phi) is 14.3. The van der Waals surface area contributed by atoms with Crippen molar-refractivity contribution in [3.05, 3.63) is 0 Å². The van der Waals surface area contributed by atoms with Crippen LogP contribution in [0.5, 0.6) is 0 Å². The molecule has 0 aromatic carbocycles. The second-order valence-corrected chi connectivity index (χ2v) is 7.53. The van der Waals surface area contributed by atoms with Gasteiger partial charge in [-0.2, -0.15) is 0 Å². The van der Waals surface area contributed by atoms with Crippen LogP contribution in [0, 0.1) is 0 Å². The van der Waals surface area contributed by atoms with Crippen molar-refractivity contribution in [1.82, 2.24) is 0 Å². The summed E-state index contributed by atoms with van der Waals surface area (Å²) in [5.74, 6) is 0. The summed E-state index contributed by atoms with van der Waals surface area (Å²) in [7, 11) is 0. The molecule has 0 bridgehead atoms. The van der Waals surface area contributed by atoms with Gasteiger partial charge in [0.1, 0.15) is 0 Å². The van der Waals surface area contributed by atoms with E-state index in [0.29, 0.717) is 0 Å². The van der Waals surface area contributed by atoms with Crippen molar-refractivity contribution in [3.63, 3.8) is 0 Å². The van der Waals surface area contributed by atoms with E-state index in [1.165, 1.54) is 0 Å². The van der Waals surface area contributed by atoms with E-state index in [4.69, 9.17) is 9.79 Å². The topological polar surface area (TPSA) is 57.5 Å². The fourth-order valence-electron chi connectivity index (χ4n) is 0. The first-order valence-corrected chi connectivity index (χ1v) is 6.94. The molecule has 0 aliphatic rings. The standard InChI is InChI=1S/Al.Li.HO3P.Sb.6H/c;;1-4(2)3;;;;;;;/h;;(H-,1,2,3);;;;;;;/q;;;-1;;;;;;/p+1. The summed E-state index contributed by atoms with van der Waals surface area (Å²) in [4.78, 5) is 15.4. The molecule has 0 aromatic rings. The van der Waals surface area contributed by atoms with Crippen molar-refractivity contribution >= 4 is 63.9 Å². The molecule has 2 N–H and O–H groups in total. The van der Waals surface area contributed by atoms with E-state index in [1.807, 2.05) is 0 Å². The molecule has 0 fully saturated rings. The zero-order valence-electron chi connectivity index (χ0n) is 2.33. The molecular weight excluding hydrogens is 235 g/mol. The molecule has 0 amide bonds. The molecule has 3 nitrogen and oxygen atoms in total. The van der Waals surface area contributed by atoms with Gasteiger partial charge in [-0.25, -0.2) is 0 Å². The second kappa shape index (κ2) is 6.22. The van der Waals surface area contributed by atoms with Gasteiger partial charge in [0.25, 0.3) is 0 Å². The predicted octanol–water partition coefficient (Wildman–Crippen LogP) is -3.12. The average Bonchev–Trinajstić information content (AvgIpc) is 0.722. The summed E-state index contributed by atoms with van der Waals surface area (Å²) in [5.41, 5.74) is 0. The molecule has 0 aliphatic heterocycles. The van der Waals surface area contributed by atoms with Gasteiger partial charge >= 0.3 is 60.8 Å². The quantitative estimate of drug-likeness (QED) is 0.349. The summed E-state index contributed by atoms with van der Waals surface area (Å²) in [6.45, 7) is 0. The number of hydrogen-bond donors (Lipinski definition) is 2. The molecule has 0 rings (SSSR count). The van der Waals surface area contributed by atoms with Gasteiger partial charge in [-0.1, -0.05) is 0 Å². The van der Waals surface area contributed by atoms with Crippen molar-refractivity contribution in [2.24, 2.45) is 0 Å². The minimum atomic E-state index is -3.51. The van der Waals surface area contributed by atoms with Crippen LogP contribution in [0.4, 0.5) is 0 Å². The van der Waals surface area contributed by atoms with E-state index in [9.17, 15) is 4.57 Å². The summed E-state index contributed by atoms with van der Waals surface area (Å²) in [6.07, 6.45) is 0. The van der Waals surface area contributed by atoms with Crippen LogP contribution in [-0.4, -0.2) is 68.5 Å². The number of rotatable bonds is 0. The molecule has 0 saturated carbocycles. The van der Waals surface area contributed by atoms with E-state index in [-0.39, 0.29) is 58.7 Å². The first-order chi connectivity index (χ1) is 2.00. The predicted molar refractivity (Wildman–Crippen MR) is 37.7 cm³/mol. The third-order valence-corrected chi connectivity index (χ3v) is 0. The van der Waals surface area contributed by atoms with Gasteiger partial charge in [-0.15, -0.1) is 0 Å².